The highest BCUT2D eigenvalue weighted by atomic mass is 16.6. The first kappa shape index (κ1) is 33.1. The zero-order valence-electron chi connectivity index (χ0n) is 30.6. The predicted molar refractivity (Wildman–Crippen MR) is 186 cm³/mol. The van der Waals surface area contributed by atoms with Gasteiger partial charge < -0.3 is 9.47 Å². The molecule has 0 aromatic heterocycles. The molecule has 4 heteroatoms. The number of carbonyl (C=O) groups is 2. The molecule has 0 radical (unpaired) electrons. The summed E-state index contributed by atoms with van der Waals surface area (Å²) in [7, 11) is 0. The molecule has 0 heterocycles. The minimum atomic E-state index is -0.0752. The van der Waals surface area contributed by atoms with Gasteiger partial charge in [-0.15, -0.1) is 0 Å². The first-order chi connectivity index (χ1) is 22.7. The summed E-state index contributed by atoms with van der Waals surface area (Å²) in [6, 6.07) is 0. The number of rotatable bonds is 6. The van der Waals surface area contributed by atoms with Crippen LogP contribution in [-0.4, -0.2) is 23.1 Å². The van der Waals surface area contributed by atoms with Crippen LogP contribution in [0.2, 0.25) is 0 Å². The van der Waals surface area contributed by atoms with Crippen molar-refractivity contribution in [3.63, 3.8) is 0 Å². The van der Waals surface area contributed by atoms with Gasteiger partial charge in [-0.1, -0.05) is 53.4 Å². The number of fused-ring (bicyclic) bond motifs is 6. The standard InChI is InChI=1S/C22H34O2.C21H34O2/c1-13-14(2)18-11-17(13)12-19(18)21(23)24-22(7-3-4-8-22)20-10-15-5-6-16(20)9-15;1-14-15(2)18-12-16(14)13-19(18)20(22)23-21(10-6-7-11-21)17-8-4-3-5-9-17/h13-20H,3-12H2,1-2H3;14-19H,3-13H2,1-2H3. The molecule has 0 aromatic rings. The van der Waals surface area contributed by atoms with Crippen molar-refractivity contribution in [2.75, 3.05) is 0 Å². The van der Waals surface area contributed by atoms with Gasteiger partial charge in [0.15, 0.2) is 0 Å². The average Bonchev–Trinajstić information content (AvgIpc) is 3.93. The second-order valence-corrected chi connectivity index (χ2v) is 19.4. The van der Waals surface area contributed by atoms with E-state index in [9.17, 15) is 9.59 Å². The summed E-state index contributed by atoms with van der Waals surface area (Å²) in [5.41, 5.74) is -0.137. The molecule has 0 N–H and O–H groups in total. The van der Waals surface area contributed by atoms with Crippen molar-refractivity contribution in [3.8, 4) is 0 Å². The van der Waals surface area contributed by atoms with Crippen LogP contribution >= 0.6 is 0 Å². The van der Waals surface area contributed by atoms with Crippen molar-refractivity contribution < 1.29 is 19.1 Å². The van der Waals surface area contributed by atoms with E-state index < -0.39 is 0 Å². The maximum Gasteiger partial charge on any atom is 0.309 e. The summed E-state index contributed by atoms with van der Waals surface area (Å²) in [4.78, 5) is 26.3. The molecule has 6 bridgehead atoms. The summed E-state index contributed by atoms with van der Waals surface area (Å²) in [6.07, 6.45) is 26.7. The fourth-order valence-electron chi connectivity index (χ4n) is 14.6. The van der Waals surface area contributed by atoms with Crippen molar-refractivity contribution in [2.45, 2.75) is 174 Å². The van der Waals surface area contributed by atoms with E-state index in [0.29, 0.717) is 35.5 Å². The third kappa shape index (κ3) is 5.76. The third-order valence-electron chi connectivity index (χ3n) is 17.7. The van der Waals surface area contributed by atoms with E-state index in [2.05, 4.69) is 27.7 Å². The molecule has 9 aliphatic rings. The lowest BCUT2D eigenvalue weighted by atomic mass is 9.74. The molecule has 0 aromatic carbocycles. The van der Waals surface area contributed by atoms with Crippen molar-refractivity contribution in [1.29, 1.82) is 0 Å². The van der Waals surface area contributed by atoms with E-state index in [1.54, 1.807) is 0 Å². The van der Waals surface area contributed by atoms with Gasteiger partial charge in [-0.25, -0.2) is 0 Å². The maximum atomic E-state index is 13.2. The monoisotopic (exact) mass is 649 g/mol. The van der Waals surface area contributed by atoms with Gasteiger partial charge in [0.2, 0.25) is 0 Å². The molecule has 9 saturated carbocycles. The van der Waals surface area contributed by atoms with E-state index in [1.807, 2.05) is 0 Å². The minimum absolute atomic E-state index is 0.0619. The number of esters is 2. The van der Waals surface area contributed by atoms with Gasteiger partial charge in [-0.3, -0.25) is 9.59 Å². The number of hydrogen-bond donors (Lipinski definition) is 0. The van der Waals surface area contributed by atoms with Crippen molar-refractivity contribution >= 4 is 11.9 Å². The highest BCUT2D eigenvalue weighted by molar-refractivity contribution is 5.74. The minimum Gasteiger partial charge on any atom is -0.459 e. The van der Waals surface area contributed by atoms with Crippen LogP contribution in [0.3, 0.4) is 0 Å². The maximum absolute atomic E-state index is 13.2. The summed E-state index contributed by atoms with van der Waals surface area (Å²) in [6.45, 7) is 9.51. The van der Waals surface area contributed by atoms with Gasteiger partial charge in [0, 0.05) is 5.92 Å². The Morgan fingerprint density at radius 2 is 1.00 bits per heavy atom. The molecule has 9 fully saturated rings. The van der Waals surface area contributed by atoms with Crippen molar-refractivity contribution in [1.82, 2.24) is 0 Å². The van der Waals surface area contributed by atoms with Gasteiger partial charge in [0.25, 0.3) is 0 Å². The van der Waals surface area contributed by atoms with Gasteiger partial charge in [0.1, 0.15) is 11.2 Å². The zero-order valence-corrected chi connectivity index (χ0v) is 30.6. The lowest BCUT2D eigenvalue weighted by Gasteiger charge is -2.41. The fraction of sp³-hybridized carbons (Fsp3) is 0.953. The van der Waals surface area contributed by atoms with Crippen LogP contribution in [0.15, 0.2) is 0 Å². The molecule has 0 aliphatic heterocycles. The van der Waals surface area contributed by atoms with Crippen LogP contribution in [0.1, 0.15) is 163 Å². The number of ether oxygens (including phenoxy) is 2. The van der Waals surface area contributed by atoms with Gasteiger partial charge in [-0.05, 0) is 174 Å². The lowest BCUT2D eigenvalue weighted by Crippen LogP contribution is -2.45. The van der Waals surface area contributed by atoms with Gasteiger partial charge in [-0.2, -0.15) is 0 Å². The Balaban J connectivity index is 0.000000138. The number of carbonyl (C=O) groups excluding carboxylic acids is 2. The third-order valence-corrected chi connectivity index (χ3v) is 17.7. The van der Waals surface area contributed by atoms with E-state index in [0.717, 1.165) is 74.0 Å². The predicted octanol–water partition coefficient (Wildman–Crippen LogP) is 10.6. The van der Waals surface area contributed by atoms with E-state index in [-0.39, 0.29) is 35.0 Å². The molecular weight excluding hydrogens is 580 g/mol. The highest BCUT2D eigenvalue weighted by Crippen LogP contribution is 2.60. The van der Waals surface area contributed by atoms with Crippen molar-refractivity contribution in [2.24, 2.45) is 82.9 Å². The SMILES string of the molecule is CC1C2CC(C(=O)OC3(C4CC5CCC4C5)CCCC3)C(C2)C1C.CC1C2CC(C(=O)OC3(C4CCCCC4)CCCC3)C(C2)C1C. The summed E-state index contributed by atoms with van der Waals surface area (Å²) in [5, 5.41) is 0. The smallest absolute Gasteiger partial charge is 0.309 e. The second kappa shape index (κ2) is 12.9. The summed E-state index contributed by atoms with van der Waals surface area (Å²) < 4.78 is 12.9. The molecule has 47 heavy (non-hydrogen) atoms. The molecule has 264 valence electrons. The highest BCUT2D eigenvalue weighted by Gasteiger charge is 2.57. The molecular formula is C43H68O4. The molecule has 13 atom stereocenters. The molecule has 0 spiro atoms. The van der Waals surface area contributed by atoms with Gasteiger partial charge in [0.05, 0.1) is 11.8 Å². The topological polar surface area (TPSA) is 52.6 Å². The quantitative estimate of drug-likeness (QED) is 0.269. The Morgan fingerprint density at radius 3 is 1.45 bits per heavy atom. The molecule has 0 saturated heterocycles. The van der Waals surface area contributed by atoms with Crippen LogP contribution in [0.25, 0.3) is 0 Å². The number of hydrogen-bond acceptors (Lipinski definition) is 4. The lowest BCUT2D eigenvalue weighted by molar-refractivity contribution is -0.177. The molecule has 13 unspecified atom stereocenters. The molecule has 0 amide bonds. The van der Waals surface area contributed by atoms with Crippen LogP contribution in [0.5, 0.6) is 0 Å². The van der Waals surface area contributed by atoms with E-state index in [4.69, 9.17) is 9.47 Å². The van der Waals surface area contributed by atoms with Crippen LogP contribution < -0.4 is 0 Å². The Hall–Kier alpha value is -1.06. The average molecular weight is 649 g/mol. The summed E-state index contributed by atoms with van der Waals surface area (Å²) >= 11 is 0. The zero-order chi connectivity index (χ0) is 32.5. The van der Waals surface area contributed by atoms with E-state index in [1.165, 1.54) is 96.3 Å². The Kier molecular flexibility index (Phi) is 9.10. The van der Waals surface area contributed by atoms with Crippen LogP contribution in [-0.2, 0) is 19.1 Å². The molecule has 4 nitrogen and oxygen atoms in total. The molecule has 9 rings (SSSR count). The Morgan fingerprint density at radius 1 is 0.489 bits per heavy atom. The molecule has 9 aliphatic carbocycles. The van der Waals surface area contributed by atoms with E-state index >= 15 is 0 Å². The summed E-state index contributed by atoms with van der Waals surface area (Å²) in [5.74, 6) is 9.78. The van der Waals surface area contributed by atoms with Crippen LogP contribution in [0, 0.1) is 82.9 Å². The van der Waals surface area contributed by atoms with Gasteiger partial charge >= 0.3 is 11.9 Å². The Labute approximate surface area is 287 Å². The van der Waals surface area contributed by atoms with Crippen molar-refractivity contribution in [3.05, 3.63) is 0 Å². The first-order valence-corrected chi connectivity index (χ1v) is 21.1. The first-order valence-electron chi connectivity index (χ1n) is 21.1. The fourth-order valence-corrected chi connectivity index (χ4v) is 14.6. The Bertz CT molecular complexity index is 1140. The normalized spacial score (nSPS) is 47.3. The van der Waals surface area contributed by atoms with Crippen LogP contribution in [0.4, 0.5) is 0 Å². The second-order valence-electron chi connectivity index (χ2n) is 19.4. The largest absolute Gasteiger partial charge is 0.459 e.